The van der Waals surface area contributed by atoms with Gasteiger partial charge < -0.3 is 15.1 Å². The monoisotopic (exact) mass is 372 g/mol. The molecule has 136 valence electrons. The van der Waals surface area contributed by atoms with Gasteiger partial charge in [0.25, 0.3) is 0 Å². The van der Waals surface area contributed by atoms with E-state index in [9.17, 15) is 0 Å². The second-order valence-corrected chi connectivity index (χ2v) is 6.63. The molecule has 0 aliphatic heterocycles. The molecule has 2 N–H and O–H groups in total. The molecule has 0 aliphatic carbocycles. The van der Waals surface area contributed by atoms with E-state index in [-0.39, 0.29) is 5.95 Å². The fraction of sp³-hybridized carbons (Fsp3) is 0.312. The number of aryl methyl sites for hydroxylation is 1. The lowest BCUT2D eigenvalue weighted by Gasteiger charge is -2.11. The average Bonchev–Trinajstić information content (AvgIpc) is 3.19. The highest BCUT2D eigenvalue weighted by molar-refractivity contribution is 7.98. The lowest BCUT2D eigenvalue weighted by atomic mass is 10.2. The minimum atomic E-state index is 0.196. The van der Waals surface area contributed by atoms with E-state index in [4.69, 9.17) is 10.2 Å². The number of thioether (sulfide) groups is 1. The SMILES string of the molecule is C=CCn1c(SCc2nc(N)nc(N(C)C)n2)nnc1-c1ccoc1C. The van der Waals surface area contributed by atoms with Crippen LogP contribution in [0.1, 0.15) is 11.6 Å². The predicted octanol–water partition coefficient (Wildman–Crippen LogP) is 2.16. The summed E-state index contributed by atoms with van der Waals surface area (Å²) in [4.78, 5) is 14.5. The first-order chi connectivity index (χ1) is 12.5. The summed E-state index contributed by atoms with van der Waals surface area (Å²) in [6.45, 7) is 6.29. The van der Waals surface area contributed by atoms with Crippen LogP contribution in [0, 0.1) is 6.92 Å². The molecule has 0 spiro atoms. The van der Waals surface area contributed by atoms with Crippen LogP contribution >= 0.6 is 11.8 Å². The van der Waals surface area contributed by atoms with E-state index >= 15 is 0 Å². The summed E-state index contributed by atoms with van der Waals surface area (Å²) in [5.41, 5.74) is 6.68. The van der Waals surface area contributed by atoms with E-state index in [0.29, 0.717) is 24.1 Å². The number of nitrogens with two attached hydrogens (primary N) is 1. The fourth-order valence-electron chi connectivity index (χ4n) is 2.32. The quantitative estimate of drug-likeness (QED) is 0.492. The maximum atomic E-state index is 5.77. The van der Waals surface area contributed by atoms with Crippen LogP contribution in [-0.4, -0.2) is 43.8 Å². The molecule has 0 amide bonds. The molecular weight excluding hydrogens is 352 g/mol. The first kappa shape index (κ1) is 17.9. The van der Waals surface area contributed by atoms with Crippen LogP contribution in [0.25, 0.3) is 11.4 Å². The third-order valence-electron chi connectivity index (χ3n) is 3.55. The van der Waals surface area contributed by atoms with Crippen LogP contribution in [0.4, 0.5) is 11.9 Å². The van der Waals surface area contributed by atoms with Gasteiger partial charge in [0.15, 0.2) is 11.0 Å². The van der Waals surface area contributed by atoms with Gasteiger partial charge in [-0.05, 0) is 13.0 Å². The van der Waals surface area contributed by atoms with Gasteiger partial charge in [0.1, 0.15) is 11.6 Å². The van der Waals surface area contributed by atoms with Gasteiger partial charge in [0.2, 0.25) is 11.9 Å². The van der Waals surface area contributed by atoms with Gasteiger partial charge in [-0.3, -0.25) is 4.57 Å². The predicted molar refractivity (Wildman–Crippen MR) is 101 cm³/mol. The van der Waals surface area contributed by atoms with E-state index in [2.05, 4.69) is 31.7 Å². The Kier molecular flexibility index (Phi) is 5.21. The van der Waals surface area contributed by atoms with Crippen molar-refractivity contribution in [1.82, 2.24) is 29.7 Å². The molecule has 0 bridgehead atoms. The van der Waals surface area contributed by atoms with Crippen molar-refractivity contribution >= 4 is 23.7 Å². The molecule has 3 aromatic rings. The van der Waals surface area contributed by atoms with Crippen LogP contribution in [-0.2, 0) is 12.3 Å². The average molecular weight is 372 g/mol. The van der Waals surface area contributed by atoms with E-state index in [1.165, 1.54) is 11.8 Å². The van der Waals surface area contributed by atoms with Crippen molar-refractivity contribution in [1.29, 1.82) is 0 Å². The summed E-state index contributed by atoms with van der Waals surface area (Å²) < 4.78 is 7.36. The van der Waals surface area contributed by atoms with E-state index in [0.717, 1.165) is 22.3 Å². The molecule has 10 heteroatoms. The topological polar surface area (TPSA) is 112 Å². The second kappa shape index (κ2) is 7.56. The number of nitrogens with zero attached hydrogens (tertiary/aromatic N) is 7. The van der Waals surface area contributed by atoms with Crippen LogP contribution < -0.4 is 10.6 Å². The van der Waals surface area contributed by atoms with Crippen molar-refractivity contribution in [2.45, 2.75) is 24.4 Å². The lowest BCUT2D eigenvalue weighted by molar-refractivity contribution is 0.534. The van der Waals surface area contributed by atoms with Crippen LogP contribution in [0.2, 0.25) is 0 Å². The number of furan rings is 1. The Morgan fingerprint density at radius 3 is 2.77 bits per heavy atom. The van der Waals surface area contributed by atoms with Crippen molar-refractivity contribution in [3.8, 4) is 11.4 Å². The minimum absolute atomic E-state index is 0.196. The van der Waals surface area contributed by atoms with Gasteiger partial charge in [-0.15, -0.1) is 16.8 Å². The molecule has 3 heterocycles. The number of nitrogen functional groups attached to an aromatic ring is 1. The Hall–Kier alpha value is -2.88. The molecule has 26 heavy (non-hydrogen) atoms. The Balaban J connectivity index is 1.86. The molecule has 0 fully saturated rings. The van der Waals surface area contributed by atoms with Crippen molar-refractivity contribution in [2.24, 2.45) is 0 Å². The van der Waals surface area contributed by atoms with E-state index in [1.807, 2.05) is 31.7 Å². The first-order valence-corrected chi connectivity index (χ1v) is 8.87. The zero-order valence-corrected chi connectivity index (χ0v) is 15.7. The summed E-state index contributed by atoms with van der Waals surface area (Å²) in [5.74, 6) is 3.33. The van der Waals surface area contributed by atoms with Crippen molar-refractivity contribution < 1.29 is 4.42 Å². The number of aromatic nitrogens is 6. The number of allylic oxidation sites excluding steroid dienone is 1. The molecular formula is C16H20N8OS. The zero-order chi connectivity index (χ0) is 18.7. The Labute approximate surface area is 155 Å². The first-order valence-electron chi connectivity index (χ1n) is 7.88. The van der Waals surface area contributed by atoms with Crippen molar-refractivity contribution in [2.75, 3.05) is 24.7 Å². The van der Waals surface area contributed by atoms with Gasteiger partial charge >= 0.3 is 0 Å². The van der Waals surface area contributed by atoms with E-state index < -0.39 is 0 Å². The Morgan fingerprint density at radius 2 is 2.12 bits per heavy atom. The normalized spacial score (nSPS) is 10.9. The zero-order valence-electron chi connectivity index (χ0n) is 14.9. The number of hydrogen-bond donors (Lipinski definition) is 1. The Morgan fingerprint density at radius 1 is 1.31 bits per heavy atom. The number of hydrogen-bond acceptors (Lipinski definition) is 9. The highest BCUT2D eigenvalue weighted by atomic mass is 32.2. The summed E-state index contributed by atoms with van der Waals surface area (Å²) in [7, 11) is 3.71. The van der Waals surface area contributed by atoms with Gasteiger partial charge in [-0.1, -0.05) is 17.8 Å². The summed E-state index contributed by atoms with van der Waals surface area (Å²) in [6, 6.07) is 1.88. The third kappa shape index (κ3) is 3.69. The molecule has 0 saturated carbocycles. The molecule has 3 aromatic heterocycles. The summed E-state index contributed by atoms with van der Waals surface area (Å²) >= 11 is 1.48. The van der Waals surface area contributed by atoms with Gasteiger partial charge in [0.05, 0.1) is 17.6 Å². The van der Waals surface area contributed by atoms with E-state index in [1.54, 1.807) is 17.2 Å². The minimum Gasteiger partial charge on any atom is -0.469 e. The Bertz CT molecular complexity index is 917. The highest BCUT2D eigenvalue weighted by Gasteiger charge is 2.17. The summed E-state index contributed by atoms with van der Waals surface area (Å²) in [6.07, 6.45) is 3.44. The van der Waals surface area contributed by atoms with Crippen molar-refractivity contribution in [3.05, 3.63) is 36.6 Å². The largest absolute Gasteiger partial charge is 0.469 e. The maximum absolute atomic E-state index is 5.77. The molecule has 3 rings (SSSR count). The molecule has 0 atom stereocenters. The molecule has 0 aliphatic rings. The highest BCUT2D eigenvalue weighted by Crippen LogP contribution is 2.28. The summed E-state index contributed by atoms with van der Waals surface area (Å²) in [5, 5.41) is 9.35. The maximum Gasteiger partial charge on any atom is 0.229 e. The third-order valence-corrected chi connectivity index (χ3v) is 4.51. The lowest BCUT2D eigenvalue weighted by Crippen LogP contribution is -2.16. The van der Waals surface area contributed by atoms with Gasteiger partial charge in [-0.25, -0.2) is 0 Å². The molecule has 0 aromatic carbocycles. The molecule has 0 radical (unpaired) electrons. The molecule has 0 saturated heterocycles. The standard InChI is InChI=1S/C16H20N8OS/c1-5-7-24-13(11-6-8-25-10(11)2)21-22-16(24)26-9-12-18-14(17)20-15(19-12)23(3)4/h5-6,8H,1,7,9H2,2-4H3,(H2,17,18,19,20). The number of rotatable bonds is 7. The molecule has 9 nitrogen and oxygen atoms in total. The number of anilines is 2. The fourth-order valence-corrected chi connectivity index (χ4v) is 3.13. The van der Waals surface area contributed by atoms with Crippen LogP contribution in [0.5, 0.6) is 0 Å². The molecule has 0 unspecified atom stereocenters. The van der Waals surface area contributed by atoms with Crippen LogP contribution in [0.3, 0.4) is 0 Å². The van der Waals surface area contributed by atoms with Crippen molar-refractivity contribution in [3.63, 3.8) is 0 Å². The van der Waals surface area contributed by atoms with Gasteiger partial charge in [-0.2, -0.15) is 15.0 Å². The smallest absolute Gasteiger partial charge is 0.229 e. The van der Waals surface area contributed by atoms with Crippen LogP contribution in [0.15, 0.2) is 34.6 Å². The van der Waals surface area contributed by atoms with Gasteiger partial charge in [0, 0.05) is 20.6 Å². The second-order valence-electron chi connectivity index (χ2n) is 5.69.